The summed E-state index contributed by atoms with van der Waals surface area (Å²) in [7, 11) is 0. The number of aromatic amines is 1. The van der Waals surface area contributed by atoms with Crippen LogP contribution in [-0.4, -0.2) is 19.5 Å². The predicted octanol–water partition coefficient (Wildman–Crippen LogP) is 5.22. The maximum atomic E-state index is 6.04. The number of para-hydroxylation sites is 2. The van der Waals surface area contributed by atoms with Crippen molar-refractivity contribution in [1.29, 1.82) is 0 Å². The lowest BCUT2D eigenvalue weighted by Crippen LogP contribution is -1.92. The molecule has 5 rings (SSSR count). The molecule has 0 aliphatic heterocycles. The maximum Gasteiger partial charge on any atom is 0.138 e. The van der Waals surface area contributed by atoms with Crippen molar-refractivity contribution in [2.24, 2.45) is 0 Å². The maximum absolute atomic E-state index is 6.04. The van der Waals surface area contributed by atoms with Gasteiger partial charge in [0.25, 0.3) is 0 Å². The Morgan fingerprint density at radius 2 is 1.72 bits per heavy atom. The van der Waals surface area contributed by atoms with E-state index in [9.17, 15) is 0 Å². The van der Waals surface area contributed by atoms with Gasteiger partial charge in [-0.15, -0.1) is 0 Å². The smallest absolute Gasteiger partial charge is 0.138 e. The van der Waals surface area contributed by atoms with Gasteiger partial charge in [-0.05, 0) is 54.6 Å². The summed E-state index contributed by atoms with van der Waals surface area (Å²) in [4.78, 5) is 12.4. The molecule has 2 aromatic heterocycles. The van der Waals surface area contributed by atoms with Crippen molar-refractivity contribution in [3.05, 3.63) is 78.1 Å². The molecule has 5 aromatic rings. The van der Waals surface area contributed by atoms with E-state index in [2.05, 4.69) is 39.2 Å². The molecule has 1 N–H and O–H groups in total. The van der Waals surface area contributed by atoms with E-state index in [1.807, 2.05) is 53.4 Å². The summed E-state index contributed by atoms with van der Waals surface area (Å²) in [5.74, 6) is 0.870. The number of benzene rings is 3. The highest BCUT2D eigenvalue weighted by molar-refractivity contribution is 6.31. The van der Waals surface area contributed by atoms with E-state index in [0.717, 1.165) is 39.1 Å². The third kappa shape index (κ3) is 2.39. The van der Waals surface area contributed by atoms with Crippen LogP contribution in [0, 0.1) is 0 Å². The fourth-order valence-corrected chi connectivity index (χ4v) is 3.23. The molecule has 0 aliphatic rings. The second-order valence-electron chi connectivity index (χ2n) is 5.90. The minimum Gasteiger partial charge on any atom is -0.338 e. The second kappa shape index (κ2) is 5.46. The van der Waals surface area contributed by atoms with Crippen LogP contribution in [0.15, 0.2) is 73.1 Å². The summed E-state index contributed by atoms with van der Waals surface area (Å²) in [5, 5.41) is 0.693. The van der Waals surface area contributed by atoms with Gasteiger partial charge in [0.05, 0.1) is 22.1 Å². The van der Waals surface area contributed by atoms with Gasteiger partial charge in [-0.25, -0.2) is 9.97 Å². The number of nitrogens with one attached hydrogen (secondary N) is 1. The average Bonchev–Trinajstić information content (AvgIpc) is 3.25. The van der Waals surface area contributed by atoms with Crippen molar-refractivity contribution in [3.63, 3.8) is 0 Å². The van der Waals surface area contributed by atoms with E-state index in [1.54, 1.807) is 0 Å². The molecule has 5 heteroatoms. The molecule has 120 valence electrons. The summed E-state index contributed by atoms with van der Waals surface area (Å²) in [6.45, 7) is 0. The molecule has 0 saturated carbocycles. The van der Waals surface area contributed by atoms with Gasteiger partial charge in [0, 0.05) is 16.3 Å². The van der Waals surface area contributed by atoms with Crippen LogP contribution in [0.2, 0.25) is 5.02 Å². The van der Waals surface area contributed by atoms with Crippen molar-refractivity contribution in [3.8, 4) is 17.1 Å². The molecule has 0 spiro atoms. The highest BCUT2D eigenvalue weighted by Gasteiger charge is 2.08. The van der Waals surface area contributed by atoms with Gasteiger partial charge in [0.15, 0.2) is 0 Å². The van der Waals surface area contributed by atoms with Crippen LogP contribution in [0.1, 0.15) is 0 Å². The van der Waals surface area contributed by atoms with Crippen molar-refractivity contribution >= 4 is 33.7 Å². The first kappa shape index (κ1) is 14.3. The molecule has 0 aliphatic carbocycles. The van der Waals surface area contributed by atoms with E-state index >= 15 is 0 Å². The zero-order valence-corrected chi connectivity index (χ0v) is 13.9. The molecular formula is C20H13ClN4. The molecule has 0 amide bonds. The van der Waals surface area contributed by atoms with Crippen LogP contribution in [-0.2, 0) is 0 Å². The molecule has 2 heterocycles. The predicted molar refractivity (Wildman–Crippen MR) is 101 cm³/mol. The van der Waals surface area contributed by atoms with Crippen molar-refractivity contribution in [1.82, 2.24) is 19.5 Å². The zero-order valence-electron chi connectivity index (χ0n) is 13.1. The highest BCUT2D eigenvalue weighted by atomic mass is 35.5. The molecule has 0 fully saturated rings. The molecule has 0 unspecified atom stereocenters. The van der Waals surface area contributed by atoms with Crippen LogP contribution in [0.3, 0.4) is 0 Å². The summed E-state index contributed by atoms with van der Waals surface area (Å²) < 4.78 is 2.05. The lowest BCUT2D eigenvalue weighted by molar-refractivity contribution is 1.09. The number of aromatic nitrogens is 4. The number of nitrogens with zero attached hydrogens (tertiary/aromatic N) is 3. The Balaban J connectivity index is 1.56. The molecular weight excluding hydrogens is 332 g/mol. The number of H-pyrrole nitrogens is 1. The Morgan fingerprint density at radius 1 is 0.880 bits per heavy atom. The third-order valence-electron chi connectivity index (χ3n) is 4.32. The Hall–Kier alpha value is -3.11. The minimum atomic E-state index is 0.693. The second-order valence-corrected chi connectivity index (χ2v) is 6.33. The van der Waals surface area contributed by atoms with Crippen molar-refractivity contribution in [2.75, 3.05) is 0 Å². The number of hydrogen-bond donors (Lipinski definition) is 1. The standard InChI is InChI=1S/C20H13ClN4/c21-14-7-10-19-18(11-14)22-12-25(19)15-8-5-13(6-9-15)20-23-16-3-1-2-4-17(16)24-20/h1-12H,(H,23,24). The summed E-state index contributed by atoms with van der Waals surface area (Å²) in [6, 6.07) is 22.0. The highest BCUT2D eigenvalue weighted by Crippen LogP contribution is 2.24. The Labute approximate surface area is 148 Å². The third-order valence-corrected chi connectivity index (χ3v) is 4.55. The lowest BCUT2D eigenvalue weighted by atomic mass is 10.2. The number of halogens is 1. The molecule has 0 saturated heterocycles. The fraction of sp³-hybridized carbons (Fsp3) is 0. The Morgan fingerprint density at radius 3 is 2.56 bits per heavy atom. The SMILES string of the molecule is Clc1ccc2c(c1)ncn2-c1ccc(-c2nc3ccccc3[nH]2)cc1. The van der Waals surface area contributed by atoms with Gasteiger partial charge >= 0.3 is 0 Å². The fourth-order valence-electron chi connectivity index (χ4n) is 3.06. The molecule has 0 bridgehead atoms. The zero-order chi connectivity index (χ0) is 16.8. The number of hydrogen-bond acceptors (Lipinski definition) is 2. The number of imidazole rings is 2. The van der Waals surface area contributed by atoms with Crippen LogP contribution >= 0.6 is 11.6 Å². The molecule has 0 atom stereocenters. The first-order valence-corrected chi connectivity index (χ1v) is 8.34. The van der Waals surface area contributed by atoms with E-state index in [-0.39, 0.29) is 0 Å². The first-order valence-electron chi connectivity index (χ1n) is 7.96. The summed E-state index contributed by atoms with van der Waals surface area (Å²) in [6.07, 6.45) is 1.82. The van der Waals surface area contributed by atoms with E-state index in [0.29, 0.717) is 5.02 Å². The molecule has 4 nitrogen and oxygen atoms in total. The quantitative estimate of drug-likeness (QED) is 0.477. The van der Waals surface area contributed by atoms with Gasteiger partial charge in [-0.2, -0.15) is 0 Å². The van der Waals surface area contributed by atoms with Gasteiger partial charge < -0.3 is 4.98 Å². The van der Waals surface area contributed by atoms with Gasteiger partial charge in [0.1, 0.15) is 12.2 Å². The van der Waals surface area contributed by atoms with Crippen LogP contribution in [0.5, 0.6) is 0 Å². The number of fused-ring (bicyclic) bond motifs is 2. The van der Waals surface area contributed by atoms with Crippen molar-refractivity contribution < 1.29 is 0 Å². The van der Waals surface area contributed by atoms with Crippen LogP contribution in [0.25, 0.3) is 39.1 Å². The van der Waals surface area contributed by atoms with Crippen LogP contribution in [0.4, 0.5) is 0 Å². The van der Waals surface area contributed by atoms with Crippen molar-refractivity contribution in [2.45, 2.75) is 0 Å². The van der Waals surface area contributed by atoms with Gasteiger partial charge in [-0.1, -0.05) is 23.7 Å². The lowest BCUT2D eigenvalue weighted by Gasteiger charge is -2.05. The van der Waals surface area contributed by atoms with Crippen LogP contribution < -0.4 is 0 Å². The van der Waals surface area contributed by atoms with E-state index in [4.69, 9.17) is 11.6 Å². The largest absolute Gasteiger partial charge is 0.338 e. The summed E-state index contributed by atoms with van der Waals surface area (Å²) in [5.41, 5.74) is 6.02. The van der Waals surface area contributed by atoms with E-state index in [1.165, 1.54) is 0 Å². The van der Waals surface area contributed by atoms with Gasteiger partial charge in [-0.3, -0.25) is 4.57 Å². The number of rotatable bonds is 2. The van der Waals surface area contributed by atoms with Gasteiger partial charge in [0.2, 0.25) is 0 Å². The Kier molecular flexibility index (Phi) is 3.11. The topological polar surface area (TPSA) is 46.5 Å². The monoisotopic (exact) mass is 344 g/mol. The normalized spacial score (nSPS) is 11.4. The average molecular weight is 345 g/mol. The molecule has 25 heavy (non-hydrogen) atoms. The summed E-state index contributed by atoms with van der Waals surface area (Å²) >= 11 is 6.04. The first-order chi connectivity index (χ1) is 12.3. The van der Waals surface area contributed by atoms with E-state index < -0.39 is 0 Å². The minimum absolute atomic E-state index is 0.693. The Bertz CT molecular complexity index is 1170. The molecule has 3 aromatic carbocycles. The molecule has 0 radical (unpaired) electrons.